The molecule has 0 fully saturated rings. The van der Waals surface area contributed by atoms with Crippen molar-refractivity contribution in [2.45, 2.75) is 10.7 Å². The van der Waals surface area contributed by atoms with E-state index in [-0.39, 0.29) is 15.7 Å². The minimum atomic E-state index is -2.57. The molecule has 1 aromatic carbocycles. The maximum atomic E-state index is 12.4. The summed E-state index contributed by atoms with van der Waals surface area (Å²) in [6.45, 7) is 0. The summed E-state index contributed by atoms with van der Waals surface area (Å²) in [5.74, 6) is -3.11. The van der Waals surface area contributed by atoms with Gasteiger partial charge >= 0.3 is 0 Å². The summed E-state index contributed by atoms with van der Waals surface area (Å²) < 4.78 is 24.8. The number of alkyl halides is 2. The maximum Gasteiger partial charge on any atom is 0.288 e. The molecule has 0 saturated heterocycles. The lowest BCUT2D eigenvalue weighted by molar-refractivity contribution is 0.102. The number of amides is 1. The quantitative estimate of drug-likeness (QED) is 0.874. The zero-order chi connectivity index (χ0) is 14.5. The Kier molecular flexibility index (Phi) is 4.86. The van der Waals surface area contributed by atoms with Crippen molar-refractivity contribution < 1.29 is 13.6 Å². The van der Waals surface area contributed by atoms with Crippen LogP contribution in [-0.2, 0) is 0 Å². The fraction of sp³-hybridized carbons (Fsp3) is 0.0833. The fourth-order valence-corrected chi connectivity index (χ4v) is 2.09. The molecule has 0 aliphatic rings. The Labute approximate surface area is 122 Å². The first-order valence-corrected chi connectivity index (χ1v) is 6.66. The van der Waals surface area contributed by atoms with Gasteiger partial charge in [0, 0.05) is 4.90 Å². The third-order valence-corrected chi connectivity index (χ3v) is 3.21. The van der Waals surface area contributed by atoms with Gasteiger partial charge in [0.15, 0.2) is 10.8 Å². The van der Waals surface area contributed by atoms with Gasteiger partial charge in [0.05, 0.1) is 5.69 Å². The molecule has 0 aliphatic heterocycles. The van der Waals surface area contributed by atoms with Crippen molar-refractivity contribution in [3.8, 4) is 0 Å². The SMILES string of the molecule is O=C(Nc1ccccc1SC(F)F)c1ccc(Cl)nn1. The highest BCUT2D eigenvalue weighted by molar-refractivity contribution is 7.99. The molecule has 1 heterocycles. The summed E-state index contributed by atoms with van der Waals surface area (Å²) >= 11 is 5.93. The molecule has 20 heavy (non-hydrogen) atoms. The van der Waals surface area contributed by atoms with E-state index in [4.69, 9.17) is 11.6 Å². The largest absolute Gasteiger partial charge is 0.320 e. The van der Waals surface area contributed by atoms with Gasteiger partial charge in [-0.25, -0.2) is 0 Å². The lowest BCUT2D eigenvalue weighted by Gasteiger charge is -2.09. The van der Waals surface area contributed by atoms with E-state index < -0.39 is 11.7 Å². The zero-order valence-corrected chi connectivity index (χ0v) is 11.5. The number of nitrogens with zero attached hydrogens (tertiary/aromatic N) is 2. The van der Waals surface area contributed by atoms with Crippen LogP contribution in [0, 0.1) is 0 Å². The molecule has 1 N–H and O–H groups in total. The molecule has 2 aromatic rings. The highest BCUT2D eigenvalue weighted by atomic mass is 35.5. The van der Waals surface area contributed by atoms with Crippen LogP contribution < -0.4 is 5.32 Å². The second-order valence-electron chi connectivity index (χ2n) is 3.57. The highest BCUT2D eigenvalue weighted by Crippen LogP contribution is 2.31. The first-order valence-electron chi connectivity index (χ1n) is 5.40. The molecular weight excluding hydrogens is 308 g/mol. The van der Waals surface area contributed by atoms with Crippen LogP contribution in [0.15, 0.2) is 41.3 Å². The van der Waals surface area contributed by atoms with Crippen LogP contribution in [0.5, 0.6) is 0 Å². The van der Waals surface area contributed by atoms with Crippen molar-refractivity contribution in [3.05, 3.63) is 47.2 Å². The number of hydrogen-bond donors (Lipinski definition) is 1. The minimum Gasteiger partial charge on any atom is -0.320 e. The average Bonchev–Trinajstić information content (AvgIpc) is 2.41. The minimum absolute atomic E-state index is 0.0475. The fourth-order valence-electron chi connectivity index (χ4n) is 1.39. The summed E-state index contributed by atoms with van der Waals surface area (Å²) in [6, 6.07) is 9.10. The number of anilines is 1. The molecule has 0 spiro atoms. The summed E-state index contributed by atoms with van der Waals surface area (Å²) in [6.07, 6.45) is 0. The normalized spacial score (nSPS) is 10.6. The Morgan fingerprint density at radius 2 is 1.95 bits per heavy atom. The predicted octanol–water partition coefficient (Wildman–Crippen LogP) is 3.70. The molecule has 8 heteroatoms. The van der Waals surface area contributed by atoms with Crippen LogP contribution in [0.4, 0.5) is 14.5 Å². The molecule has 0 unspecified atom stereocenters. The maximum absolute atomic E-state index is 12.4. The lowest BCUT2D eigenvalue weighted by atomic mass is 10.3. The van der Waals surface area contributed by atoms with Crippen LogP contribution in [0.1, 0.15) is 10.5 Å². The second kappa shape index (κ2) is 6.62. The number of thioether (sulfide) groups is 1. The average molecular weight is 316 g/mol. The number of carbonyl (C=O) groups excluding carboxylic acids is 1. The topological polar surface area (TPSA) is 54.9 Å². The number of nitrogens with one attached hydrogen (secondary N) is 1. The van der Waals surface area contributed by atoms with E-state index in [2.05, 4.69) is 15.5 Å². The van der Waals surface area contributed by atoms with Crippen molar-refractivity contribution in [2.75, 3.05) is 5.32 Å². The second-order valence-corrected chi connectivity index (χ2v) is 4.99. The van der Waals surface area contributed by atoms with E-state index in [1.54, 1.807) is 12.1 Å². The van der Waals surface area contributed by atoms with Gasteiger partial charge in [0.1, 0.15) is 0 Å². The summed E-state index contributed by atoms with van der Waals surface area (Å²) in [4.78, 5) is 12.2. The number of benzene rings is 1. The van der Waals surface area contributed by atoms with Gasteiger partial charge < -0.3 is 5.32 Å². The van der Waals surface area contributed by atoms with E-state index in [1.165, 1.54) is 24.3 Å². The third kappa shape index (κ3) is 3.88. The van der Waals surface area contributed by atoms with Crippen molar-refractivity contribution in [3.63, 3.8) is 0 Å². The van der Waals surface area contributed by atoms with Gasteiger partial charge in [0.2, 0.25) is 0 Å². The number of para-hydroxylation sites is 1. The number of carbonyl (C=O) groups is 1. The molecule has 0 radical (unpaired) electrons. The lowest BCUT2D eigenvalue weighted by Crippen LogP contribution is -2.14. The van der Waals surface area contributed by atoms with Gasteiger partial charge in [-0.05, 0) is 24.3 Å². The monoisotopic (exact) mass is 315 g/mol. The highest BCUT2D eigenvalue weighted by Gasteiger charge is 2.13. The Balaban J connectivity index is 2.17. The summed E-state index contributed by atoms with van der Waals surface area (Å²) in [7, 11) is 0. The van der Waals surface area contributed by atoms with Crippen LogP contribution in [-0.4, -0.2) is 21.9 Å². The Bertz CT molecular complexity index is 610. The van der Waals surface area contributed by atoms with Crippen LogP contribution in [0.3, 0.4) is 0 Å². The summed E-state index contributed by atoms with van der Waals surface area (Å²) in [5.41, 5.74) is 0.339. The molecule has 0 saturated carbocycles. The number of hydrogen-bond acceptors (Lipinski definition) is 4. The van der Waals surface area contributed by atoms with Gasteiger partial charge in [0.25, 0.3) is 11.7 Å². The molecule has 2 rings (SSSR count). The van der Waals surface area contributed by atoms with Gasteiger partial charge in [-0.1, -0.05) is 35.5 Å². The van der Waals surface area contributed by atoms with Gasteiger partial charge in [-0.3, -0.25) is 4.79 Å². The standard InChI is InChI=1S/C12H8ClF2N3OS/c13-10-6-5-8(17-18-10)11(19)16-7-3-1-2-4-9(7)20-12(14)15/h1-6,12H,(H,16,19). The van der Waals surface area contributed by atoms with Crippen LogP contribution in [0.25, 0.3) is 0 Å². The number of halogens is 3. The van der Waals surface area contributed by atoms with Crippen LogP contribution >= 0.6 is 23.4 Å². The van der Waals surface area contributed by atoms with Crippen molar-refractivity contribution in [2.24, 2.45) is 0 Å². The van der Waals surface area contributed by atoms with E-state index in [9.17, 15) is 13.6 Å². The zero-order valence-electron chi connectivity index (χ0n) is 9.89. The van der Waals surface area contributed by atoms with Gasteiger partial charge in [-0.2, -0.15) is 8.78 Å². The van der Waals surface area contributed by atoms with Crippen molar-refractivity contribution in [1.29, 1.82) is 0 Å². The van der Waals surface area contributed by atoms with Crippen LogP contribution in [0.2, 0.25) is 5.15 Å². The molecule has 0 atom stereocenters. The van der Waals surface area contributed by atoms with E-state index >= 15 is 0 Å². The van der Waals surface area contributed by atoms with E-state index in [0.29, 0.717) is 17.4 Å². The molecule has 104 valence electrons. The predicted molar refractivity (Wildman–Crippen MR) is 73.3 cm³/mol. The molecule has 4 nitrogen and oxygen atoms in total. The first-order chi connectivity index (χ1) is 9.56. The van der Waals surface area contributed by atoms with Gasteiger partial charge in [-0.15, -0.1) is 10.2 Å². The molecular formula is C12H8ClF2N3OS. The molecule has 0 bridgehead atoms. The summed E-state index contributed by atoms with van der Waals surface area (Å²) in [5, 5.41) is 9.83. The molecule has 1 amide bonds. The Morgan fingerprint density at radius 3 is 2.60 bits per heavy atom. The van der Waals surface area contributed by atoms with Crippen molar-refractivity contribution in [1.82, 2.24) is 10.2 Å². The first kappa shape index (κ1) is 14.7. The van der Waals surface area contributed by atoms with E-state index in [0.717, 1.165) is 0 Å². The Hall–Kier alpha value is -1.73. The Morgan fingerprint density at radius 1 is 1.20 bits per heavy atom. The van der Waals surface area contributed by atoms with E-state index in [1.807, 2.05) is 0 Å². The third-order valence-electron chi connectivity index (χ3n) is 2.22. The molecule has 1 aromatic heterocycles. The number of rotatable bonds is 4. The smallest absolute Gasteiger partial charge is 0.288 e. The molecule has 0 aliphatic carbocycles. The van der Waals surface area contributed by atoms with Crippen molar-refractivity contribution >= 4 is 35.0 Å². The number of aromatic nitrogens is 2.